The average molecular weight is 236 g/mol. The van der Waals surface area contributed by atoms with Crippen LogP contribution in [0.5, 0.6) is 5.75 Å². The van der Waals surface area contributed by atoms with E-state index in [1.165, 1.54) is 0 Å². The highest BCUT2D eigenvalue weighted by atomic mass is 16.5. The maximum absolute atomic E-state index is 5.84. The molecule has 0 aliphatic rings. The molecule has 0 bridgehead atoms. The topological polar surface area (TPSA) is 24.5 Å². The number of hydrogen-bond acceptors (Lipinski definition) is 3. The fraction of sp³-hybridized carbons (Fsp3) is 0.571. The van der Waals surface area contributed by atoms with Gasteiger partial charge in [0, 0.05) is 31.3 Å². The van der Waals surface area contributed by atoms with Crippen LogP contribution in [0, 0.1) is 5.92 Å². The van der Waals surface area contributed by atoms with Crippen molar-refractivity contribution in [3.63, 3.8) is 0 Å². The Morgan fingerprint density at radius 2 is 2.12 bits per heavy atom. The molecular weight excluding hydrogens is 212 g/mol. The minimum absolute atomic E-state index is 0.586. The lowest BCUT2D eigenvalue weighted by molar-refractivity contribution is 0.206. The van der Waals surface area contributed by atoms with Crippen LogP contribution < -0.4 is 10.1 Å². The van der Waals surface area contributed by atoms with Crippen LogP contribution in [0.3, 0.4) is 0 Å². The van der Waals surface area contributed by atoms with Crippen molar-refractivity contribution in [2.45, 2.75) is 13.3 Å². The lowest BCUT2D eigenvalue weighted by atomic mass is 10.1. The van der Waals surface area contributed by atoms with Crippen LogP contribution in [0.25, 0.3) is 0 Å². The van der Waals surface area contributed by atoms with E-state index in [9.17, 15) is 0 Å². The Balaban J connectivity index is 2.47. The highest BCUT2D eigenvalue weighted by molar-refractivity contribution is 5.47. The first-order chi connectivity index (χ1) is 8.15. The normalized spacial score (nSPS) is 12.5. The van der Waals surface area contributed by atoms with Gasteiger partial charge in [-0.3, -0.25) is 0 Å². The highest BCUT2D eigenvalue weighted by Crippen LogP contribution is 2.18. The fourth-order valence-corrected chi connectivity index (χ4v) is 1.77. The molecule has 0 aliphatic heterocycles. The van der Waals surface area contributed by atoms with Crippen molar-refractivity contribution in [2.24, 2.45) is 5.92 Å². The van der Waals surface area contributed by atoms with Gasteiger partial charge >= 0.3 is 0 Å². The zero-order valence-corrected chi connectivity index (χ0v) is 11.4. The third kappa shape index (κ3) is 5.09. The minimum atomic E-state index is 0.586. The summed E-state index contributed by atoms with van der Waals surface area (Å²) in [5, 5.41) is 3.11. The van der Waals surface area contributed by atoms with E-state index in [0.717, 1.165) is 31.0 Å². The van der Waals surface area contributed by atoms with Gasteiger partial charge in [-0.1, -0.05) is 13.0 Å². The van der Waals surface area contributed by atoms with Crippen molar-refractivity contribution in [3.8, 4) is 5.75 Å². The molecule has 0 amide bonds. The van der Waals surface area contributed by atoms with Crippen LogP contribution in [0.1, 0.15) is 13.3 Å². The van der Waals surface area contributed by atoms with E-state index in [-0.39, 0.29) is 0 Å². The van der Waals surface area contributed by atoms with Crippen LogP contribution in [0.15, 0.2) is 24.3 Å². The Morgan fingerprint density at radius 1 is 1.35 bits per heavy atom. The molecule has 3 nitrogen and oxygen atoms in total. The summed E-state index contributed by atoms with van der Waals surface area (Å²) in [6.07, 6.45) is 1.14. The second kappa shape index (κ2) is 7.17. The summed E-state index contributed by atoms with van der Waals surface area (Å²) in [5.41, 5.74) is 1.09. The van der Waals surface area contributed by atoms with E-state index < -0.39 is 0 Å². The number of rotatable bonds is 7. The van der Waals surface area contributed by atoms with E-state index in [1.807, 2.05) is 31.3 Å². The molecule has 0 saturated heterocycles. The maximum atomic E-state index is 5.84. The second-order valence-electron chi connectivity index (χ2n) is 4.63. The molecule has 1 N–H and O–H groups in total. The third-order valence-electron chi connectivity index (χ3n) is 2.81. The van der Waals surface area contributed by atoms with E-state index in [4.69, 9.17) is 4.74 Å². The predicted molar refractivity (Wildman–Crippen MR) is 73.8 cm³/mol. The van der Waals surface area contributed by atoms with E-state index in [1.54, 1.807) is 0 Å². The van der Waals surface area contributed by atoms with Crippen molar-refractivity contribution in [2.75, 3.05) is 39.6 Å². The van der Waals surface area contributed by atoms with E-state index in [0.29, 0.717) is 5.92 Å². The largest absolute Gasteiger partial charge is 0.493 e. The number of anilines is 1. The summed E-state index contributed by atoms with van der Waals surface area (Å²) >= 11 is 0. The number of nitrogens with one attached hydrogen (secondary N) is 1. The second-order valence-corrected chi connectivity index (χ2v) is 4.63. The Hall–Kier alpha value is -1.22. The van der Waals surface area contributed by atoms with Gasteiger partial charge in [0.25, 0.3) is 0 Å². The predicted octanol–water partition coefficient (Wildman–Crippen LogP) is 2.69. The van der Waals surface area contributed by atoms with Crippen molar-refractivity contribution >= 4 is 5.69 Å². The summed E-state index contributed by atoms with van der Waals surface area (Å²) in [7, 11) is 6.12. The molecule has 17 heavy (non-hydrogen) atoms. The van der Waals surface area contributed by atoms with Gasteiger partial charge < -0.3 is 15.0 Å². The molecule has 0 aromatic heterocycles. The van der Waals surface area contributed by atoms with Gasteiger partial charge in [-0.05, 0) is 32.6 Å². The molecule has 1 atom stereocenters. The Labute approximate surface area is 105 Å². The van der Waals surface area contributed by atoms with Gasteiger partial charge in [0.15, 0.2) is 0 Å². The zero-order valence-electron chi connectivity index (χ0n) is 11.4. The van der Waals surface area contributed by atoms with Gasteiger partial charge in [0.2, 0.25) is 0 Å². The Bertz CT molecular complexity index is 326. The molecule has 0 aliphatic carbocycles. The molecule has 0 saturated carbocycles. The lowest BCUT2D eigenvalue weighted by Gasteiger charge is -2.20. The van der Waals surface area contributed by atoms with Crippen molar-refractivity contribution < 1.29 is 4.74 Å². The van der Waals surface area contributed by atoms with Crippen molar-refractivity contribution in [3.05, 3.63) is 24.3 Å². The number of ether oxygens (including phenoxy) is 1. The molecule has 1 aromatic carbocycles. The highest BCUT2D eigenvalue weighted by Gasteiger charge is 2.08. The fourth-order valence-electron chi connectivity index (χ4n) is 1.77. The van der Waals surface area contributed by atoms with Crippen LogP contribution in [0.4, 0.5) is 5.69 Å². The van der Waals surface area contributed by atoms with Gasteiger partial charge in [-0.15, -0.1) is 0 Å². The number of nitrogens with zero attached hydrogens (tertiary/aromatic N) is 1. The SMILES string of the molecule is CCC(COc1cccc(NC)c1)CN(C)C. The summed E-state index contributed by atoms with van der Waals surface area (Å²) in [4.78, 5) is 2.21. The van der Waals surface area contributed by atoms with E-state index in [2.05, 4.69) is 31.2 Å². The third-order valence-corrected chi connectivity index (χ3v) is 2.81. The first kappa shape index (κ1) is 13.8. The molecule has 0 radical (unpaired) electrons. The molecule has 1 aromatic rings. The van der Waals surface area contributed by atoms with Gasteiger partial charge in [-0.2, -0.15) is 0 Å². The molecule has 0 fully saturated rings. The van der Waals surface area contributed by atoms with Crippen LogP contribution in [0.2, 0.25) is 0 Å². The molecular formula is C14H24N2O. The average Bonchev–Trinajstić information content (AvgIpc) is 2.34. The Kier molecular flexibility index (Phi) is 5.84. The first-order valence-electron chi connectivity index (χ1n) is 6.21. The maximum Gasteiger partial charge on any atom is 0.121 e. The zero-order chi connectivity index (χ0) is 12.7. The van der Waals surface area contributed by atoms with E-state index >= 15 is 0 Å². The number of hydrogen-bond donors (Lipinski definition) is 1. The molecule has 3 heteroatoms. The number of benzene rings is 1. The molecule has 1 unspecified atom stereocenters. The summed E-state index contributed by atoms with van der Waals surface area (Å²) in [5.74, 6) is 1.53. The lowest BCUT2D eigenvalue weighted by Crippen LogP contribution is -2.25. The first-order valence-corrected chi connectivity index (χ1v) is 6.21. The van der Waals surface area contributed by atoms with Crippen molar-refractivity contribution in [1.82, 2.24) is 4.90 Å². The molecule has 0 heterocycles. The smallest absolute Gasteiger partial charge is 0.121 e. The quantitative estimate of drug-likeness (QED) is 0.787. The van der Waals surface area contributed by atoms with Gasteiger partial charge in [-0.25, -0.2) is 0 Å². The Morgan fingerprint density at radius 3 is 2.71 bits per heavy atom. The minimum Gasteiger partial charge on any atom is -0.493 e. The van der Waals surface area contributed by atoms with Crippen molar-refractivity contribution in [1.29, 1.82) is 0 Å². The molecule has 96 valence electrons. The van der Waals surface area contributed by atoms with Gasteiger partial charge in [0.1, 0.15) is 5.75 Å². The van der Waals surface area contributed by atoms with Crippen LogP contribution in [-0.4, -0.2) is 39.2 Å². The van der Waals surface area contributed by atoms with Crippen LogP contribution in [-0.2, 0) is 0 Å². The standard InChI is InChI=1S/C14H24N2O/c1-5-12(10-16(3)4)11-17-14-8-6-7-13(9-14)15-2/h6-9,12,15H,5,10-11H2,1-4H3. The molecule has 0 spiro atoms. The van der Waals surface area contributed by atoms with Crippen LogP contribution >= 0.6 is 0 Å². The summed E-state index contributed by atoms with van der Waals surface area (Å²) in [6.45, 7) is 4.06. The molecule has 1 rings (SSSR count). The monoisotopic (exact) mass is 236 g/mol. The summed E-state index contributed by atoms with van der Waals surface area (Å²) < 4.78 is 5.84. The summed E-state index contributed by atoms with van der Waals surface area (Å²) in [6, 6.07) is 8.07. The van der Waals surface area contributed by atoms with Gasteiger partial charge in [0.05, 0.1) is 6.61 Å².